The number of piperazine rings is 1. The van der Waals surface area contributed by atoms with Gasteiger partial charge in [0, 0.05) is 42.6 Å². The molecule has 2 aromatic carbocycles. The Bertz CT molecular complexity index is 702. The smallest absolute Gasteiger partial charge is 0.321 e. The second-order valence-corrected chi connectivity index (χ2v) is 6.69. The number of aryl methyl sites for hydroxylation is 2. The van der Waals surface area contributed by atoms with Gasteiger partial charge in [0.05, 0.1) is 0 Å². The van der Waals surface area contributed by atoms with Crippen molar-refractivity contribution in [2.24, 2.45) is 0 Å². The van der Waals surface area contributed by atoms with Crippen molar-refractivity contribution in [1.29, 1.82) is 0 Å². The van der Waals surface area contributed by atoms with E-state index in [1.54, 1.807) is 0 Å². The quantitative estimate of drug-likeness (QED) is 0.881. The molecule has 1 fully saturated rings. The zero-order valence-electron chi connectivity index (χ0n) is 14.1. The van der Waals surface area contributed by atoms with Gasteiger partial charge in [0.2, 0.25) is 0 Å². The minimum absolute atomic E-state index is 0.0317. The van der Waals surface area contributed by atoms with E-state index in [1.165, 1.54) is 0 Å². The van der Waals surface area contributed by atoms with Gasteiger partial charge in [0.1, 0.15) is 0 Å². The SMILES string of the molecule is Cc1cc(C)cc(NC(=O)N2CCN(c3ccc(Cl)cc3)CC2)c1. The van der Waals surface area contributed by atoms with Crippen molar-refractivity contribution < 1.29 is 4.79 Å². The summed E-state index contributed by atoms with van der Waals surface area (Å²) in [6, 6.07) is 13.9. The van der Waals surface area contributed by atoms with Crippen LogP contribution >= 0.6 is 11.6 Å². The van der Waals surface area contributed by atoms with Gasteiger partial charge in [-0.15, -0.1) is 0 Å². The van der Waals surface area contributed by atoms with Crippen LogP contribution in [0, 0.1) is 13.8 Å². The molecule has 0 bridgehead atoms. The Hall–Kier alpha value is -2.20. The number of halogens is 1. The van der Waals surface area contributed by atoms with Crippen LogP contribution in [-0.4, -0.2) is 37.1 Å². The third kappa shape index (κ3) is 4.01. The monoisotopic (exact) mass is 343 g/mol. The number of nitrogens with zero attached hydrogens (tertiary/aromatic N) is 2. The third-order valence-corrected chi connectivity index (χ3v) is 4.48. The molecule has 126 valence electrons. The average molecular weight is 344 g/mol. The van der Waals surface area contributed by atoms with Gasteiger partial charge in [0.25, 0.3) is 0 Å². The molecule has 0 aromatic heterocycles. The van der Waals surface area contributed by atoms with Gasteiger partial charge < -0.3 is 15.1 Å². The lowest BCUT2D eigenvalue weighted by atomic mass is 10.1. The van der Waals surface area contributed by atoms with E-state index < -0.39 is 0 Å². The average Bonchev–Trinajstić information content (AvgIpc) is 2.55. The Morgan fingerprint density at radius 1 is 0.958 bits per heavy atom. The summed E-state index contributed by atoms with van der Waals surface area (Å²) >= 11 is 5.93. The zero-order valence-corrected chi connectivity index (χ0v) is 14.8. The lowest BCUT2D eigenvalue weighted by molar-refractivity contribution is 0.208. The van der Waals surface area contributed by atoms with E-state index in [-0.39, 0.29) is 6.03 Å². The first kappa shape index (κ1) is 16.7. The normalized spacial score (nSPS) is 14.6. The van der Waals surface area contributed by atoms with Gasteiger partial charge in [-0.05, 0) is 61.4 Å². The first-order valence-electron chi connectivity index (χ1n) is 8.16. The van der Waals surface area contributed by atoms with E-state index in [1.807, 2.05) is 55.1 Å². The van der Waals surface area contributed by atoms with Gasteiger partial charge >= 0.3 is 6.03 Å². The van der Waals surface area contributed by atoms with Crippen LogP contribution in [0.3, 0.4) is 0 Å². The zero-order chi connectivity index (χ0) is 17.1. The molecule has 5 heteroatoms. The molecule has 0 saturated carbocycles. The second kappa shape index (κ2) is 7.14. The maximum Gasteiger partial charge on any atom is 0.321 e. The number of nitrogens with one attached hydrogen (secondary N) is 1. The van der Waals surface area contributed by atoms with E-state index in [4.69, 9.17) is 11.6 Å². The van der Waals surface area contributed by atoms with Crippen molar-refractivity contribution in [2.75, 3.05) is 36.4 Å². The largest absolute Gasteiger partial charge is 0.368 e. The lowest BCUT2D eigenvalue weighted by Crippen LogP contribution is -2.50. The minimum Gasteiger partial charge on any atom is -0.368 e. The molecule has 1 heterocycles. The van der Waals surface area contributed by atoms with Crippen LogP contribution in [0.15, 0.2) is 42.5 Å². The summed E-state index contributed by atoms with van der Waals surface area (Å²) in [5, 5.41) is 3.75. The van der Waals surface area contributed by atoms with Crippen LogP contribution in [0.25, 0.3) is 0 Å². The number of rotatable bonds is 2. The highest BCUT2D eigenvalue weighted by molar-refractivity contribution is 6.30. The number of anilines is 2. The third-order valence-electron chi connectivity index (χ3n) is 4.23. The molecular weight excluding hydrogens is 322 g/mol. The fraction of sp³-hybridized carbons (Fsp3) is 0.316. The maximum absolute atomic E-state index is 12.5. The molecule has 1 aliphatic heterocycles. The summed E-state index contributed by atoms with van der Waals surface area (Å²) in [7, 11) is 0. The van der Waals surface area contributed by atoms with Crippen LogP contribution in [0.4, 0.5) is 16.2 Å². The number of urea groups is 1. The molecule has 1 saturated heterocycles. The standard InChI is InChI=1S/C19H22ClN3O/c1-14-11-15(2)13-17(12-14)21-19(24)23-9-7-22(8-10-23)18-5-3-16(20)4-6-18/h3-6,11-13H,7-10H2,1-2H3,(H,21,24). The fourth-order valence-corrected chi connectivity index (χ4v) is 3.20. The van der Waals surface area contributed by atoms with Crippen LogP contribution < -0.4 is 10.2 Å². The predicted octanol–water partition coefficient (Wildman–Crippen LogP) is 4.31. The molecule has 2 aromatic rings. The van der Waals surface area contributed by atoms with E-state index >= 15 is 0 Å². The summed E-state index contributed by atoms with van der Waals surface area (Å²) in [4.78, 5) is 16.6. The molecule has 3 rings (SSSR count). The first-order chi connectivity index (χ1) is 11.5. The van der Waals surface area contributed by atoms with Crippen LogP contribution in [0.5, 0.6) is 0 Å². The minimum atomic E-state index is -0.0317. The molecule has 0 radical (unpaired) electrons. The summed E-state index contributed by atoms with van der Waals surface area (Å²) in [6.45, 7) is 7.13. The number of benzene rings is 2. The molecular formula is C19H22ClN3O. The Balaban J connectivity index is 1.57. The molecule has 1 aliphatic rings. The number of carbonyl (C=O) groups excluding carboxylic acids is 1. The Kier molecular flexibility index (Phi) is 4.95. The van der Waals surface area contributed by atoms with E-state index in [9.17, 15) is 4.79 Å². The Morgan fingerprint density at radius 2 is 1.54 bits per heavy atom. The molecule has 1 N–H and O–H groups in total. The van der Waals surface area contributed by atoms with Gasteiger partial charge in [-0.3, -0.25) is 0 Å². The molecule has 0 aliphatic carbocycles. The number of amides is 2. The predicted molar refractivity (Wildman–Crippen MR) is 100 cm³/mol. The summed E-state index contributed by atoms with van der Waals surface area (Å²) in [6.07, 6.45) is 0. The van der Waals surface area contributed by atoms with Crippen molar-refractivity contribution in [3.63, 3.8) is 0 Å². The second-order valence-electron chi connectivity index (χ2n) is 6.26. The van der Waals surface area contributed by atoms with Crippen LogP contribution in [0.1, 0.15) is 11.1 Å². The summed E-state index contributed by atoms with van der Waals surface area (Å²) in [5.41, 5.74) is 4.31. The Labute approximate surface area is 148 Å². The topological polar surface area (TPSA) is 35.6 Å². The highest BCUT2D eigenvalue weighted by Crippen LogP contribution is 2.20. The van der Waals surface area contributed by atoms with Gasteiger partial charge in [-0.25, -0.2) is 4.79 Å². The van der Waals surface area contributed by atoms with Gasteiger partial charge in [-0.1, -0.05) is 17.7 Å². The summed E-state index contributed by atoms with van der Waals surface area (Å²) in [5.74, 6) is 0. The van der Waals surface area contributed by atoms with E-state index in [2.05, 4.69) is 16.3 Å². The van der Waals surface area contributed by atoms with E-state index in [0.717, 1.165) is 40.6 Å². The molecule has 24 heavy (non-hydrogen) atoms. The summed E-state index contributed by atoms with van der Waals surface area (Å²) < 4.78 is 0. The molecule has 0 unspecified atom stereocenters. The highest BCUT2D eigenvalue weighted by Gasteiger charge is 2.21. The van der Waals surface area contributed by atoms with E-state index in [0.29, 0.717) is 13.1 Å². The van der Waals surface area contributed by atoms with Crippen molar-refractivity contribution in [3.05, 3.63) is 58.6 Å². The van der Waals surface area contributed by atoms with Gasteiger partial charge in [0.15, 0.2) is 0 Å². The molecule has 2 amide bonds. The number of carbonyl (C=O) groups is 1. The van der Waals surface area contributed by atoms with Crippen molar-refractivity contribution in [2.45, 2.75) is 13.8 Å². The number of hydrogen-bond acceptors (Lipinski definition) is 2. The van der Waals surface area contributed by atoms with Gasteiger partial charge in [-0.2, -0.15) is 0 Å². The van der Waals surface area contributed by atoms with Crippen molar-refractivity contribution in [3.8, 4) is 0 Å². The molecule has 0 spiro atoms. The maximum atomic E-state index is 12.5. The molecule has 4 nitrogen and oxygen atoms in total. The van der Waals surface area contributed by atoms with Crippen molar-refractivity contribution >= 4 is 29.0 Å². The van der Waals surface area contributed by atoms with Crippen LogP contribution in [-0.2, 0) is 0 Å². The number of hydrogen-bond donors (Lipinski definition) is 1. The Morgan fingerprint density at radius 3 is 2.12 bits per heavy atom. The molecule has 0 atom stereocenters. The lowest BCUT2D eigenvalue weighted by Gasteiger charge is -2.36. The highest BCUT2D eigenvalue weighted by atomic mass is 35.5. The first-order valence-corrected chi connectivity index (χ1v) is 8.54. The van der Waals surface area contributed by atoms with Crippen LogP contribution in [0.2, 0.25) is 5.02 Å². The fourth-order valence-electron chi connectivity index (χ4n) is 3.07. The van der Waals surface area contributed by atoms with Crippen molar-refractivity contribution in [1.82, 2.24) is 4.90 Å².